The predicted molar refractivity (Wildman–Crippen MR) is 169 cm³/mol. The van der Waals surface area contributed by atoms with Gasteiger partial charge in [-0.25, -0.2) is 4.79 Å². The molecule has 1 aliphatic heterocycles. The van der Waals surface area contributed by atoms with E-state index in [2.05, 4.69) is 40.5 Å². The normalized spacial score (nSPS) is 18.2. The number of likely N-dealkylation sites (tertiary alicyclic amines) is 1. The zero-order valence-corrected chi connectivity index (χ0v) is 25.4. The molecule has 2 aliphatic rings. The number of benzene rings is 2. The molecule has 1 amide bonds. The summed E-state index contributed by atoms with van der Waals surface area (Å²) in [7, 11) is 0. The van der Waals surface area contributed by atoms with Crippen molar-refractivity contribution in [2.45, 2.75) is 96.6 Å². The summed E-state index contributed by atoms with van der Waals surface area (Å²) in [6.45, 7) is 7.24. The number of ketones is 1. The van der Waals surface area contributed by atoms with Crippen molar-refractivity contribution in [3.63, 3.8) is 0 Å². The lowest BCUT2D eigenvalue weighted by molar-refractivity contribution is 0.0890. The average molecular weight is 570 g/mol. The van der Waals surface area contributed by atoms with Gasteiger partial charge in [-0.15, -0.1) is 0 Å². The van der Waals surface area contributed by atoms with Gasteiger partial charge in [0.05, 0.1) is 11.2 Å². The van der Waals surface area contributed by atoms with Crippen molar-refractivity contribution in [3.05, 3.63) is 77.0 Å². The van der Waals surface area contributed by atoms with Crippen LogP contribution >= 0.6 is 0 Å². The summed E-state index contributed by atoms with van der Waals surface area (Å²) >= 11 is 0. The standard InChI is InChI=1S/C36H47N3O3/c1-36(2,38-35(41)42)24-30-29-16-10-11-17-31(29)37-32-19-18-28(34(40)33(30)32)15-9-4-3-6-12-26-20-22-39(23-21-26)25-27-13-7-5-8-14-27/h5,7-8,10-11,13-14,16-17,26,28,38H,3-4,6,9,12,15,18-25H2,1-2H3,(H,41,42). The molecule has 1 aliphatic carbocycles. The van der Waals surface area contributed by atoms with Gasteiger partial charge < -0.3 is 10.4 Å². The third-order valence-electron chi connectivity index (χ3n) is 9.36. The first-order chi connectivity index (χ1) is 20.3. The monoisotopic (exact) mass is 569 g/mol. The van der Waals surface area contributed by atoms with E-state index < -0.39 is 11.6 Å². The summed E-state index contributed by atoms with van der Waals surface area (Å²) in [6.07, 6.45) is 10.7. The number of Topliss-reactive ketones (excluding diaryl/α,β-unsaturated/α-hetero) is 1. The zero-order valence-electron chi connectivity index (χ0n) is 25.4. The molecular formula is C36H47N3O3. The van der Waals surface area contributed by atoms with Crippen molar-refractivity contribution in [3.8, 4) is 0 Å². The van der Waals surface area contributed by atoms with Crippen LogP contribution < -0.4 is 5.32 Å². The molecule has 1 fully saturated rings. The van der Waals surface area contributed by atoms with E-state index in [1.807, 2.05) is 38.1 Å². The summed E-state index contributed by atoms with van der Waals surface area (Å²) in [5.41, 5.74) is 4.17. The number of carbonyl (C=O) groups excluding carboxylic acids is 1. The second kappa shape index (κ2) is 13.8. The molecule has 2 heterocycles. The molecule has 0 bridgehead atoms. The summed E-state index contributed by atoms with van der Waals surface area (Å²) in [5.74, 6) is 1.09. The Morgan fingerprint density at radius 2 is 1.64 bits per heavy atom. The Kier molecular flexibility index (Phi) is 9.94. The topological polar surface area (TPSA) is 82.5 Å². The van der Waals surface area contributed by atoms with Gasteiger partial charge in [0.15, 0.2) is 5.78 Å². The molecule has 5 rings (SSSR count). The van der Waals surface area contributed by atoms with Crippen LogP contribution in [0.4, 0.5) is 4.79 Å². The van der Waals surface area contributed by atoms with Gasteiger partial charge in [0.25, 0.3) is 0 Å². The minimum absolute atomic E-state index is 0.0312. The quantitative estimate of drug-likeness (QED) is 0.217. The number of nitrogens with zero attached hydrogens (tertiary/aromatic N) is 2. The second-order valence-electron chi connectivity index (χ2n) is 13.2. The first kappa shape index (κ1) is 30.2. The van der Waals surface area contributed by atoms with Crippen LogP contribution in [0, 0.1) is 11.8 Å². The highest BCUT2D eigenvalue weighted by Gasteiger charge is 2.33. The number of hydrogen-bond acceptors (Lipinski definition) is 4. The van der Waals surface area contributed by atoms with Gasteiger partial charge in [-0.1, -0.05) is 80.6 Å². The van der Waals surface area contributed by atoms with Gasteiger partial charge in [-0.3, -0.25) is 14.7 Å². The zero-order chi connectivity index (χ0) is 29.5. The fraction of sp³-hybridized carbons (Fsp3) is 0.528. The molecule has 1 aromatic heterocycles. The predicted octanol–water partition coefficient (Wildman–Crippen LogP) is 7.82. The lowest BCUT2D eigenvalue weighted by Crippen LogP contribution is -2.45. The Labute approximate surface area is 250 Å². The van der Waals surface area contributed by atoms with E-state index in [4.69, 9.17) is 4.98 Å². The van der Waals surface area contributed by atoms with Gasteiger partial charge in [-0.05, 0) is 88.6 Å². The fourth-order valence-electron chi connectivity index (χ4n) is 7.14. The highest BCUT2D eigenvalue weighted by Crippen LogP contribution is 2.35. The maximum Gasteiger partial charge on any atom is 0.405 e. The SMILES string of the molecule is CC(C)(Cc1c2c(nc3ccccc13)CCC(CCCCCCC1CCN(Cc3ccccc3)CC1)C2=O)NC(=O)O. The first-order valence-corrected chi connectivity index (χ1v) is 16.0. The van der Waals surface area contributed by atoms with Crippen LogP contribution in [0.3, 0.4) is 0 Å². The number of piperidine rings is 1. The van der Waals surface area contributed by atoms with Crippen molar-refractivity contribution >= 4 is 22.8 Å². The van der Waals surface area contributed by atoms with E-state index in [9.17, 15) is 14.7 Å². The number of para-hydroxylation sites is 1. The summed E-state index contributed by atoms with van der Waals surface area (Å²) in [4.78, 5) is 32.8. The molecule has 0 spiro atoms. The number of rotatable bonds is 12. The molecule has 1 saturated heterocycles. The lowest BCUT2D eigenvalue weighted by atomic mass is 9.77. The molecular weight excluding hydrogens is 522 g/mol. The molecule has 6 nitrogen and oxygen atoms in total. The van der Waals surface area contributed by atoms with Gasteiger partial charge in [0.1, 0.15) is 0 Å². The van der Waals surface area contributed by atoms with Crippen molar-refractivity contribution in [1.29, 1.82) is 0 Å². The van der Waals surface area contributed by atoms with Gasteiger partial charge >= 0.3 is 6.09 Å². The smallest absolute Gasteiger partial charge is 0.405 e. The second-order valence-corrected chi connectivity index (χ2v) is 13.2. The van der Waals surface area contributed by atoms with Crippen molar-refractivity contribution in [1.82, 2.24) is 15.2 Å². The van der Waals surface area contributed by atoms with E-state index in [0.29, 0.717) is 6.42 Å². The molecule has 0 radical (unpaired) electrons. The van der Waals surface area contributed by atoms with Crippen molar-refractivity contribution in [2.75, 3.05) is 13.1 Å². The van der Waals surface area contributed by atoms with Crippen LogP contribution in [0.15, 0.2) is 54.6 Å². The van der Waals surface area contributed by atoms with Crippen LogP contribution in [-0.2, 0) is 19.4 Å². The number of hydrogen-bond donors (Lipinski definition) is 2. The Morgan fingerprint density at radius 3 is 2.38 bits per heavy atom. The largest absolute Gasteiger partial charge is 0.465 e. The van der Waals surface area contributed by atoms with Crippen molar-refractivity contribution in [2.24, 2.45) is 11.8 Å². The van der Waals surface area contributed by atoms with Gasteiger partial charge in [-0.2, -0.15) is 0 Å². The van der Waals surface area contributed by atoms with Crippen molar-refractivity contribution < 1.29 is 14.7 Å². The fourth-order valence-corrected chi connectivity index (χ4v) is 7.14. The number of amides is 1. The Balaban J connectivity index is 1.10. The minimum Gasteiger partial charge on any atom is -0.465 e. The maximum absolute atomic E-state index is 13.9. The van der Waals surface area contributed by atoms with E-state index in [1.54, 1.807) is 0 Å². The Hall–Kier alpha value is -3.25. The molecule has 0 saturated carbocycles. The molecule has 42 heavy (non-hydrogen) atoms. The van der Waals surface area contributed by atoms with Crippen LogP contribution in [0.2, 0.25) is 0 Å². The highest BCUT2D eigenvalue weighted by atomic mass is 16.4. The van der Waals surface area contributed by atoms with Crippen LogP contribution in [0.25, 0.3) is 10.9 Å². The number of pyridine rings is 1. The molecule has 1 atom stereocenters. The number of aromatic nitrogens is 1. The maximum atomic E-state index is 13.9. The number of carboxylic acid groups (broad SMARTS) is 1. The summed E-state index contributed by atoms with van der Waals surface area (Å²) in [6, 6.07) is 18.7. The first-order valence-electron chi connectivity index (χ1n) is 16.0. The number of aryl methyl sites for hydroxylation is 1. The highest BCUT2D eigenvalue weighted by molar-refractivity contribution is 6.05. The molecule has 2 N–H and O–H groups in total. The van der Waals surface area contributed by atoms with E-state index in [-0.39, 0.29) is 11.7 Å². The van der Waals surface area contributed by atoms with Crippen LogP contribution in [0.1, 0.15) is 98.8 Å². The molecule has 3 aromatic rings. The molecule has 1 unspecified atom stereocenters. The Morgan fingerprint density at radius 1 is 0.952 bits per heavy atom. The van der Waals surface area contributed by atoms with Gasteiger partial charge in [0.2, 0.25) is 0 Å². The third kappa shape index (κ3) is 7.77. The summed E-state index contributed by atoms with van der Waals surface area (Å²) < 4.78 is 0. The molecule has 2 aromatic carbocycles. The van der Waals surface area contributed by atoms with Crippen LogP contribution in [0.5, 0.6) is 0 Å². The Bertz CT molecular complexity index is 1360. The minimum atomic E-state index is -1.05. The van der Waals surface area contributed by atoms with Gasteiger partial charge in [0, 0.05) is 29.0 Å². The van der Waals surface area contributed by atoms with Crippen LogP contribution in [-0.4, -0.2) is 45.5 Å². The lowest BCUT2D eigenvalue weighted by Gasteiger charge is -2.32. The molecule has 6 heteroatoms. The number of fused-ring (bicyclic) bond motifs is 2. The van der Waals surface area contributed by atoms with E-state index >= 15 is 0 Å². The third-order valence-corrected chi connectivity index (χ3v) is 9.36. The summed E-state index contributed by atoms with van der Waals surface area (Å²) in [5, 5.41) is 13.0. The number of carbonyl (C=O) groups is 2. The number of unbranched alkanes of at least 4 members (excludes halogenated alkanes) is 3. The number of nitrogens with one attached hydrogen (secondary N) is 1. The average Bonchev–Trinajstić information content (AvgIpc) is 2.96. The van der Waals surface area contributed by atoms with E-state index in [1.165, 1.54) is 57.2 Å². The molecule has 224 valence electrons. The van der Waals surface area contributed by atoms with E-state index in [0.717, 1.165) is 65.9 Å².